The van der Waals surface area contributed by atoms with Gasteiger partial charge in [0.15, 0.2) is 0 Å². The van der Waals surface area contributed by atoms with Crippen LogP contribution in [0, 0.1) is 6.92 Å². The minimum absolute atomic E-state index is 0.755. The van der Waals surface area contributed by atoms with Crippen LogP contribution < -0.4 is 5.32 Å². The molecular formula is C15H17ClN2S. The highest BCUT2D eigenvalue weighted by Crippen LogP contribution is 2.28. The molecule has 1 heterocycles. The summed E-state index contributed by atoms with van der Waals surface area (Å²) >= 11 is 7.67. The van der Waals surface area contributed by atoms with E-state index in [0.717, 1.165) is 35.8 Å². The van der Waals surface area contributed by atoms with Crippen LogP contribution in [0.1, 0.15) is 9.88 Å². The van der Waals surface area contributed by atoms with E-state index in [1.807, 2.05) is 30.3 Å². The fourth-order valence-corrected chi connectivity index (χ4v) is 2.91. The summed E-state index contributed by atoms with van der Waals surface area (Å²) < 4.78 is 0. The van der Waals surface area contributed by atoms with Crippen LogP contribution in [0.5, 0.6) is 0 Å². The quantitative estimate of drug-likeness (QED) is 0.641. The van der Waals surface area contributed by atoms with Crippen LogP contribution in [0.2, 0.25) is 5.02 Å². The first-order valence-corrected chi connectivity index (χ1v) is 7.44. The molecule has 0 aliphatic rings. The van der Waals surface area contributed by atoms with Crippen molar-refractivity contribution in [2.75, 3.05) is 13.1 Å². The van der Waals surface area contributed by atoms with E-state index < -0.39 is 0 Å². The van der Waals surface area contributed by atoms with Crippen LogP contribution >= 0.6 is 22.9 Å². The van der Waals surface area contributed by atoms with E-state index in [9.17, 15) is 0 Å². The molecule has 0 aliphatic carbocycles. The van der Waals surface area contributed by atoms with Gasteiger partial charge >= 0.3 is 0 Å². The molecule has 0 saturated carbocycles. The second kappa shape index (κ2) is 6.85. The first-order chi connectivity index (χ1) is 9.20. The summed E-state index contributed by atoms with van der Waals surface area (Å²) in [5.74, 6) is 0. The lowest BCUT2D eigenvalue weighted by atomic mass is 10.1. The zero-order valence-electron chi connectivity index (χ0n) is 10.9. The summed E-state index contributed by atoms with van der Waals surface area (Å²) in [5.41, 5.74) is 2.20. The van der Waals surface area contributed by atoms with Gasteiger partial charge in [0, 0.05) is 35.0 Å². The first kappa shape index (κ1) is 14.3. The summed E-state index contributed by atoms with van der Waals surface area (Å²) in [5, 5.41) is 5.21. The SMILES string of the molecule is C=CCNCCc1nc(-c2ccc(Cl)cc2)c(C)s1. The number of benzene rings is 1. The van der Waals surface area contributed by atoms with E-state index in [0.29, 0.717) is 0 Å². The highest BCUT2D eigenvalue weighted by Gasteiger charge is 2.09. The average molecular weight is 293 g/mol. The normalized spacial score (nSPS) is 10.6. The van der Waals surface area contributed by atoms with Crippen LogP contribution in [-0.4, -0.2) is 18.1 Å². The van der Waals surface area contributed by atoms with Gasteiger partial charge in [0.2, 0.25) is 0 Å². The first-order valence-electron chi connectivity index (χ1n) is 6.24. The number of hydrogen-bond acceptors (Lipinski definition) is 3. The number of hydrogen-bond donors (Lipinski definition) is 1. The summed E-state index contributed by atoms with van der Waals surface area (Å²) in [7, 11) is 0. The smallest absolute Gasteiger partial charge is 0.0948 e. The van der Waals surface area contributed by atoms with Crippen molar-refractivity contribution in [1.82, 2.24) is 10.3 Å². The Bertz CT molecular complexity index is 546. The summed E-state index contributed by atoms with van der Waals surface area (Å²) in [6.45, 7) is 7.57. The van der Waals surface area contributed by atoms with Crippen molar-refractivity contribution in [3.05, 3.63) is 51.8 Å². The average Bonchev–Trinajstić information content (AvgIpc) is 2.77. The molecule has 0 bridgehead atoms. The molecule has 0 saturated heterocycles. The lowest BCUT2D eigenvalue weighted by molar-refractivity contribution is 0.742. The van der Waals surface area contributed by atoms with Crippen molar-refractivity contribution in [2.45, 2.75) is 13.3 Å². The monoisotopic (exact) mass is 292 g/mol. The molecule has 2 aromatic rings. The molecule has 19 heavy (non-hydrogen) atoms. The van der Waals surface area contributed by atoms with E-state index in [2.05, 4.69) is 18.8 Å². The highest BCUT2D eigenvalue weighted by molar-refractivity contribution is 7.12. The van der Waals surface area contributed by atoms with E-state index in [1.165, 1.54) is 9.88 Å². The second-order valence-electron chi connectivity index (χ2n) is 4.26. The third-order valence-electron chi connectivity index (χ3n) is 2.76. The van der Waals surface area contributed by atoms with E-state index in [-0.39, 0.29) is 0 Å². The molecule has 100 valence electrons. The zero-order valence-corrected chi connectivity index (χ0v) is 12.5. The predicted octanol–water partition coefficient (Wildman–Crippen LogP) is 4.09. The van der Waals surface area contributed by atoms with Crippen LogP contribution in [0.4, 0.5) is 0 Å². The van der Waals surface area contributed by atoms with Gasteiger partial charge in [0.05, 0.1) is 10.7 Å². The molecule has 2 nitrogen and oxygen atoms in total. The van der Waals surface area contributed by atoms with Crippen molar-refractivity contribution < 1.29 is 0 Å². The van der Waals surface area contributed by atoms with Gasteiger partial charge in [-0.25, -0.2) is 4.98 Å². The molecule has 0 amide bonds. The highest BCUT2D eigenvalue weighted by atomic mass is 35.5. The molecule has 1 N–H and O–H groups in total. The molecule has 2 rings (SSSR count). The van der Waals surface area contributed by atoms with Gasteiger partial charge in [-0.15, -0.1) is 17.9 Å². The Morgan fingerprint density at radius 1 is 1.37 bits per heavy atom. The molecule has 0 unspecified atom stereocenters. The van der Waals surface area contributed by atoms with Gasteiger partial charge in [0.1, 0.15) is 0 Å². The maximum absolute atomic E-state index is 5.91. The third kappa shape index (κ3) is 3.90. The topological polar surface area (TPSA) is 24.9 Å². The molecule has 0 aliphatic heterocycles. The van der Waals surface area contributed by atoms with Crippen molar-refractivity contribution in [3.63, 3.8) is 0 Å². The van der Waals surface area contributed by atoms with Gasteiger partial charge in [-0.3, -0.25) is 0 Å². The van der Waals surface area contributed by atoms with Crippen LogP contribution in [0.25, 0.3) is 11.3 Å². The summed E-state index contributed by atoms with van der Waals surface area (Å²) in [6, 6.07) is 7.84. The summed E-state index contributed by atoms with van der Waals surface area (Å²) in [6.07, 6.45) is 2.82. The molecule has 4 heteroatoms. The van der Waals surface area contributed by atoms with Gasteiger partial charge in [0.25, 0.3) is 0 Å². The largest absolute Gasteiger partial charge is 0.313 e. The third-order valence-corrected chi connectivity index (χ3v) is 4.05. The van der Waals surface area contributed by atoms with Gasteiger partial charge in [-0.1, -0.05) is 29.8 Å². The van der Waals surface area contributed by atoms with Crippen LogP contribution in [-0.2, 0) is 6.42 Å². The van der Waals surface area contributed by atoms with E-state index in [4.69, 9.17) is 16.6 Å². The molecule has 0 radical (unpaired) electrons. The van der Waals surface area contributed by atoms with Crippen LogP contribution in [0.3, 0.4) is 0 Å². The number of rotatable bonds is 6. The number of halogens is 1. The van der Waals surface area contributed by atoms with Gasteiger partial charge < -0.3 is 5.32 Å². The standard InChI is InChI=1S/C15H17ClN2S/c1-3-9-17-10-8-14-18-15(11(2)19-14)12-4-6-13(16)7-5-12/h3-7,17H,1,8-10H2,2H3. The van der Waals surface area contributed by atoms with Crippen molar-refractivity contribution >= 4 is 22.9 Å². The molecule has 1 aromatic heterocycles. The van der Waals surface area contributed by atoms with Gasteiger partial charge in [-0.05, 0) is 19.1 Å². The fourth-order valence-electron chi connectivity index (χ4n) is 1.83. The van der Waals surface area contributed by atoms with E-state index >= 15 is 0 Å². The second-order valence-corrected chi connectivity index (χ2v) is 5.99. The molecule has 1 aromatic carbocycles. The number of nitrogens with zero attached hydrogens (tertiary/aromatic N) is 1. The molecule has 0 fully saturated rings. The molecule has 0 atom stereocenters. The number of nitrogens with one attached hydrogen (secondary N) is 1. The predicted molar refractivity (Wildman–Crippen MR) is 84.1 cm³/mol. The Balaban J connectivity index is 2.08. The fraction of sp³-hybridized carbons (Fsp3) is 0.267. The Morgan fingerprint density at radius 2 is 2.11 bits per heavy atom. The Kier molecular flexibility index (Phi) is 5.14. The Labute approximate surface area is 123 Å². The summed E-state index contributed by atoms with van der Waals surface area (Å²) in [4.78, 5) is 5.97. The lowest BCUT2D eigenvalue weighted by Crippen LogP contribution is -2.16. The molecule has 0 spiro atoms. The Morgan fingerprint density at radius 3 is 2.79 bits per heavy atom. The minimum atomic E-state index is 0.755. The van der Waals surface area contributed by atoms with Crippen molar-refractivity contribution in [3.8, 4) is 11.3 Å². The van der Waals surface area contributed by atoms with Crippen LogP contribution in [0.15, 0.2) is 36.9 Å². The zero-order chi connectivity index (χ0) is 13.7. The number of thiazole rings is 1. The Hall–Kier alpha value is -1.16. The van der Waals surface area contributed by atoms with Crippen molar-refractivity contribution in [1.29, 1.82) is 0 Å². The number of aryl methyl sites for hydroxylation is 1. The van der Waals surface area contributed by atoms with Crippen molar-refractivity contribution in [2.24, 2.45) is 0 Å². The molecular weight excluding hydrogens is 276 g/mol. The van der Waals surface area contributed by atoms with E-state index in [1.54, 1.807) is 11.3 Å². The van der Waals surface area contributed by atoms with Gasteiger partial charge in [-0.2, -0.15) is 0 Å². The maximum Gasteiger partial charge on any atom is 0.0948 e. The maximum atomic E-state index is 5.91. The lowest BCUT2D eigenvalue weighted by Gasteiger charge is -1.99. The number of aromatic nitrogens is 1. The minimum Gasteiger partial charge on any atom is -0.313 e.